The molecule has 5 nitrogen and oxygen atoms in total. The molecule has 0 bridgehead atoms. The Labute approximate surface area is 161 Å². The molecule has 27 heavy (non-hydrogen) atoms. The fourth-order valence-electron chi connectivity index (χ4n) is 3.25. The molecule has 0 spiro atoms. The summed E-state index contributed by atoms with van der Waals surface area (Å²) >= 11 is 0. The second kappa shape index (κ2) is 9.20. The molecule has 1 saturated heterocycles. The number of benzene rings is 1. The normalized spacial score (nSPS) is 15.5. The van der Waals surface area contributed by atoms with Gasteiger partial charge in [0, 0.05) is 33.1 Å². The third-order valence-corrected chi connectivity index (χ3v) is 4.74. The number of hydrogen-bond acceptors (Lipinski definition) is 3. The summed E-state index contributed by atoms with van der Waals surface area (Å²) < 4.78 is 18.6. The number of rotatable bonds is 5. The van der Waals surface area contributed by atoms with Crippen LogP contribution >= 0.6 is 0 Å². The molecule has 0 saturated carbocycles. The lowest BCUT2D eigenvalue weighted by molar-refractivity contribution is -0.130. The molecule has 6 heteroatoms. The van der Waals surface area contributed by atoms with Crippen molar-refractivity contribution in [1.82, 2.24) is 9.80 Å². The number of carbonyl (C=O) groups excluding carboxylic acids is 2. The van der Waals surface area contributed by atoms with E-state index in [4.69, 9.17) is 4.74 Å². The largest absolute Gasteiger partial charge is 0.444 e. The maximum atomic E-state index is 13.2. The minimum Gasteiger partial charge on any atom is -0.444 e. The first-order valence-corrected chi connectivity index (χ1v) is 9.60. The van der Waals surface area contributed by atoms with Crippen molar-refractivity contribution in [3.63, 3.8) is 0 Å². The smallest absolute Gasteiger partial charge is 0.410 e. The summed E-state index contributed by atoms with van der Waals surface area (Å²) in [7, 11) is 1.81. The number of aryl methyl sites for hydroxylation is 1. The maximum absolute atomic E-state index is 13.2. The lowest BCUT2D eigenvalue weighted by Crippen LogP contribution is -2.44. The fourth-order valence-corrected chi connectivity index (χ4v) is 3.25. The monoisotopic (exact) mass is 378 g/mol. The summed E-state index contributed by atoms with van der Waals surface area (Å²) in [6, 6.07) is 6.38. The number of piperidine rings is 1. The van der Waals surface area contributed by atoms with Crippen LogP contribution < -0.4 is 0 Å². The van der Waals surface area contributed by atoms with Gasteiger partial charge in [0.1, 0.15) is 11.4 Å². The van der Waals surface area contributed by atoms with E-state index in [1.54, 1.807) is 15.9 Å². The van der Waals surface area contributed by atoms with Crippen molar-refractivity contribution in [1.29, 1.82) is 0 Å². The minimum atomic E-state index is -0.484. The van der Waals surface area contributed by atoms with Crippen molar-refractivity contribution in [3.8, 4) is 0 Å². The number of hydrogen-bond donors (Lipinski definition) is 0. The van der Waals surface area contributed by atoms with Crippen LogP contribution in [-0.4, -0.2) is 54.1 Å². The fraction of sp³-hybridized carbons (Fsp3) is 0.619. The summed E-state index contributed by atoms with van der Waals surface area (Å²) in [6.45, 7) is 7.59. The second-order valence-corrected chi connectivity index (χ2v) is 8.31. The van der Waals surface area contributed by atoms with Crippen molar-refractivity contribution in [3.05, 3.63) is 35.6 Å². The molecule has 1 aliphatic rings. The second-order valence-electron chi connectivity index (χ2n) is 8.31. The lowest BCUT2D eigenvalue weighted by atomic mass is 9.96. The summed E-state index contributed by atoms with van der Waals surface area (Å²) in [4.78, 5) is 28.0. The van der Waals surface area contributed by atoms with E-state index in [2.05, 4.69) is 0 Å². The van der Waals surface area contributed by atoms with Gasteiger partial charge in [-0.2, -0.15) is 0 Å². The molecule has 0 unspecified atom stereocenters. The van der Waals surface area contributed by atoms with Gasteiger partial charge >= 0.3 is 6.09 Å². The molecule has 0 aromatic heterocycles. The summed E-state index contributed by atoms with van der Waals surface area (Å²) in [5.41, 5.74) is 0.352. The van der Waals surface area contributed by atoms with E-state index in [1.165, 1.54) is 12.1 Å². The van der Waals surface area contributed by atoms with E-state index < -0.39 is 5.60 Å². The topological polar surface area (TPSA) is 49.9 Å². The Morgan fingerprint density at radius 1 is 1.26 bits per heavy atom. The lowest BCUT2D eigenvalue weighted by Gasteiger charge is -2.34. The van der Waals surface area contributed by atoms with Crippen LogP contribution in [0.15, 0.2) is 24.3 Å². The number of likely N-dealkylation sites (tertiary alicyclic amines) is 1. The van der Waals surface area contributed by atoms with Crippen LogP contribution in [0.3, 0.4) is 0 Å². The Balaban J connectivity index is 1.72. The van der Waals surface area contributed by atoms with Crippen molar-refractivity contribution < 1.29 is 18.7 Å². The molecule has 150 valence electrons. The molecule has 1 aliphatic heterocycles. The molecular weight excluding hydrogens is 347 g/mol. The maximum Gasteiger partial charge on any atom is 0.410 e. The zero-order valence-corrected chi connectivity index (χ0v) is 16.8. The van der Waals surface area contributed by atoms with Crippen LogP contribution in [0.1, 0.15) is 45.6 Å². The summed E-state index contributed by atoms with van der Waals surface area (Å²) in [5, 5.41) is 0. The first kappa shape index (κ1) is 21.2. The minimum absolute atomic E-state index is 0.0637. The van der Waals surface area contributed by atoms with Gasteiger partial charge in [0.2, 0.25) is 5.91 Å². The molecule has 1 fully saturated rings. The summed E-state index contributed by atoms with van der Waals surface area (Å²) in [6.07, 6.45) is 2.37. The average molecular weight is 378 g/mol. The zero-order valence-electron chi connectivity index (χ0n) is 16.8. The third kappa shape index (κ3) is 7.19. The Kier molecular flexibility index (Phi) is 7.22. The van der Waals surface area contributed by atoms with Gasteiger partial charge in [-0.05, 0) is 63.6 Å². The molecule has 0 atom stereocenters. The van der Waals surface area contributed by atoms with Crippen LogP contribution in [0, 0.1) is 11.7 Å². The molecule has 2 rings (SSSR count). The highest BCUT2D eigenvalue weighted by Crippen LogP contribution is 2.20. The van der Waals surface area contributed by atoms with Crippen LogP contribution in [0.5, 0.6) is 0 Å². The van der Waals surface area contributed by atoms with Gasteiger partial charge in [-0.3, -0.25) is 4.79 Å². The van der Waals surface area contributed by atoms with Crippen LogP contribution in [0.25, 0.3) is 0 Å². The van der Waals surface area contributed by atoms with Crippen LogP contribution in [0.4, 0.5) is 9.18 Å². The predicted molar refractivity (Wildman–Crippen MR) is 103 cm³/mol. The Morgan fingerprint density at radius 2 is 1.93 bits per heavy atom. The van der Waals surface area contributed by atoms with E-state index in [0.717, 1.165) is 18.4 Å². The van der Waals surface area contributed by atoms with E-state index >= 15 is 0 Å². The summed E-state index contributed by atoms with van der Waals surface area (Å²) in [5.74, 6) is 0.172. The van der Waals surface area contributed by atoms with Crippen molar-refractivity contribution in [2.24, 2.45) is 5.92 Å². The first-order valence-electron chi connectivity index (χ1n) is 9.60. The van der Waals surface area contributed by atoms with E-state index in [9.17, 15) is 14.0 Å². The molecule has 0 N–H and O–H groups in total. The van der Waals surface area contributed by atoms with Crippen molar-refractivity contribution in [2.75, 3.05) is 26.7 Å². The van der Waals surface area contributed by atoms with Gasteiger partial charge < -0.3 is 14.5 Å². The molecular formula is C21H31FN2O3. The number of nitrogens with zero attached hydrogens (tertiary/aromatic N) is 2. The quantitative estimate of drug-likeness (QED) is 0.782. The van der Waals surface area contributed by atoms with Gasteiger partial charge in [-0.1, -0.05) is 12.1 Å². The van der Waals surface area contributed by atoms with Gasteiger partial charge in [0.15, 0.2) is 0 Å². The van der Waals surface area contributed by atoms with Gasteiger partial charge in [0.05, 0.1) is 0 Å². The molecule has 1 heterocycles. The standard InChI is InChI=1S/C21H31FN2O3/c1-21(2,3)27-20(26)24-12-10-17(11-13-24)15-23(4)19(25)9-8-16-6-5-7-18(22)14-16/h5-7,14,17H,8-13,15H2,1-4H3. The number of halogens is 1. The van der Waals surface area contributed by atoms with E-state index in [0.29, 0.717) is 38.4 Å². The molecule has 2 amide bonds. The predicted octanol–water partition coefficient (Wildman–Crippen LogP) is 3.86. The molecule has 0 radical (unpaired) electrons. The highest BCUT2D eigenvalue weighted by Gasteiger charge is 2.27. The van der Waals surface area contributed by atoms with E-state index in [1.807, 2.05) is 33.9 Å². The average Bonchev–Trinajstić information content (AvgIpc) is 2.58. The van der Waals surface area contributed by atoms with Gasteiger partial charge in [-0.25, -0.2) is 9.18 Å². The highest BCUT2D eigenvalue weighted by atomic mass is 19.1. The van der Waals surface area contributed by atoms with Crippen LogP contribution in [-0.2, 0) is 16.0 Å². The first-order chi connectivity index (χ1) is 12.6. The van der Waals surface area contributed by atoms with Gasteiger partial charge in [0.25, 0.3) is 0 Å². The zero-order chi connectivity index (χ0) is 20.0. The SMILES string of the molecule is CN(CC1CCN(C(=O)OC(C)(C)C)CC1)C(=O)CCc1cccc(F)c1. The van der Waals surface area contributed by atoms with Crippen molar-refractivity contribution in [2.45, 2.75) is 52.1 Å². The molecule has 1 aromatic carbocycles. The Bertz CT molecular complexity index is 649. The number of carbonyl (C=O) groups is 2. The number of ether oxygens (including phenoxy) is 1. The van der Waals surface area contributed by atoms with Gasteiger partial charge in [-0.15, -0.1) is 0 Å². The van der Waals surface area contributed by atoms with Crippen molar-refractivity contribution >= 4 is 12.0 Å². The molecule has 0 aliphatic carbocycles. The Hall–Kier alpha value is -2.11. The Morgan fingerprint density at radius 3 is 2.52 bits per heavy atom. The molecule has 1 aromatic rings. The van der Waals surface area contributed by atoms with Crippen LogP contribution in [0.2, 0.25) is 0 Å². The third-order valence-electron chi connectivity index (χ3n) is 4.74. The number of amides is 2. The van der Waals surface area contributed by atoms with E-state index in [-0.39, 0.29) is 17.8 Å². The highest BCUT2D eigenvalue weighted by molar-refractivity contribution is 5.76.